The second-order valence-electron chi connectivity index (χ2n) is 5.56. The van der Waals surface area contributed by atoms with Crippen LogP contribution in [0.5, 0.6) is 0 Å². The number of rotatable bonds is 2. The summed E-state index contributed by atoms with van der Waals surface area (Å²) >= 11 is 0. The molecule has 0 saturated heterocycles. The maximum Gasteiger partial charge on any atom is 0.258 e. The summed E-state index contributed by atoms with van der Waals surface area (Å²) in [5, 5.41) is 5.72. The molecule has 0 fully saturated rings. The number of hydrogen-bond acceptors (Lipinski definition) is 3. The number of imide groups is 1. The largest absolute Gasteiger partial charge is 0.312 e. The molecule has 0 unspecified atom stereocenters. The lowest BCUT2D eigenvalue weighted by atomic mass is 9.98. The van der Waals surface area contributed by atoms with Gasteiger partial charge in [0, 0.05) is 17.7 Å². The fourth-order valence-electron chi connectivity index (χ4n) is 2.57. The van der Waals surface area contributed by atoms with Gasteiger partial charge in [-0.2, -0.15) is 0 Å². The van der Waals surface area contributed by atoms with E-state index in [1.165, 1.54) is 5.56 Å². The van der Waals surface area contributed by atoms with Gasteiger partial charge in [-0.05, 0) is 55.3 Å². The molecule has 4 nitrogen and oxygen atoms in total. The molecule has 22 heavy (non-hydrogen) atoms. The third kappa shape index (κ3) is 3.07. The summed E-state index contributed by atoms with van der Waals surface area (Å²) in [5.41, 5.74) is 4.47. The highest BCUT2D eigenvalue weighted by Crippen LogP contribution is 2.16. The summed E-state index contributed by atoms with van der Waals surface area (Å²) in [6.07, 6.45) is 0.972. The van der Waals surface area contributed by atoms with E-state index in [2.05, 4.69) is 10.6 Å². The van der Waals surface area contributed by atoms with E-state index in [0.717, 1.165) is 30.6 Å². The van der Waals surface area contributed by atoms with Gasteiger partial charge < -0.3 is 5.32 Å². The maximum absolute atomic E-state index is 12.2. The molecule has 0 aromatic heterocycles. The number of nitrogens with one attached hydrogen (secondary N) is 2. The van der Waals surface area contributed by atoms with Crippen LogP contribution in [0.25, 0.3) is 0 Å². The quantitative estimate of drug-likeness (QED) is 0.835. The van der Waals surface area contributed by atoms with Crippen LogP contribution < -0.4 is 10.6 Å². The maximum atomic E-state index is 12.2. The lowest BCUT2D eigenvalue weighted by Gasteiger charge is -2.17. The van der Waals surface area contributed by atoms with Crippen molar-refractivity contribution in [2.45, 2.75) is 19.9 Å². The van der Waals surface area contributed by atoms with Crippen LogP contribution in [0.1, 0.15) is 37.4 Å². The summed E-state index contributed by atoms with van der Waals surface area (Å²) < 4.78 is 0. The minimum absolute atomic E-state index is 0.362. The van der Waals surface area contributed by atoms with Gasteiger partial charge in [-0.25, -0.2) is 0 Å². The molecule has 0 spiro atoms. The number of amides is 2. The number of benzene rings is 2. The summed E-state index contributed by atoms with van der Waals surface area (Å²) in [7, 11) is 0. The zero-order chi connectivity index (χ0) is 15.5. The van der Waals surface area contributed by atoms with E-state index in [0.29, 0.717) is 11.1 Å². The molecule has 0 radical (unpaired) electrons. The number of fused-ring (bicyclic) bond motifs is 1. The van der Waals surface area contributed by atoms with E-state index in [1.807, 2.05) is 31.2 Å². The van der Waals surface area contributed by atoms with Crippen LogP contribution in [-0.2, 0) is 13.0 Å². The molecule has 1 aliphatic rings. The van der Waals surface area contributed by atoms with Gasteiger partial charge in [0.15, 0.2) is 0 Å². The van der Waals surface area contributed by atoms with Crippen LogP contribution in [0.2, 0.25) is 0 Å². The van der Waals surface area contributed by atoms with Crippen LogP contribution >= 0.6 is 0 Å². The third-order valence-electron chi connectivity index (χ3n) is 3.90. The average Bonchev–Trinajstić information content (AvgIpc) is 2.55. The fraction of sp³-hybridized carbons (Fsp3) is 0.222. The van der Waals surface area contributed by atoms with Crippen LogP contribution in [0.3, 0.4) is 0 Å². The standard InChI is InChI=1S/C18H18N2O2/c1-12-2-4-14(5-3-12)17(21)20-18(22)15-7-6-13-8-9-19-11-16(13)10-15/h2-7,10,19H,8-9,11H2,1H3,(H,20,21,22). The molecule has 3 rings (SSSR count). The van der Waals surface area contributed by atoms with E-state index in [9.17, 15) is 9.59 Å². The van der Waals surface area contributed by atoms with Crippen LogP contribution in [0.4, 0.5) is 0 Å². The minimum atomic E-state index is -0.374. The van der Waals surface area contributed by atoms with Gasteiger partial charge in [0.1, 0.15) is 0 Å². The molecule has 0 saturated carbocycles. The van der Waals surface area contributed by atoms with Crippen LogP contribution in [0.15, 0.2) is 42.5 Å². The Morgan fingerprint density at radius 3 is 2.41 bits per heavy atom. The summed E-state index contributed by atoms with van der Waals surface area (Å²) in [5.74, 6) is -0.736. The number of aryl methyl sites for hydroxylation is 1. The molecule has 1 aliphatic heterocycles. The molecular weight excluding hydrogens is 276 g/mol. The van der Waals surface area contributed by atoms with E-state index in [4.69, 9.17) is 0 Å². The van der Waals surface area contributed by atoms with Crippen molar-refractivity contribution in [1.29, 1.82) is 0 Å². The first-order chi connectivity index (χ1) is 10.6. The SMILES string of the molecule is Cc1ccc(C(=O)NC(=O)c2ccc3c(c2)CNCC3)cc1. The normalized spacial score (nSPS) is 13.3. The van der Waals surface area contributed by atoms with E-state index >= 15 is 0 Å². The lowest BCUT2D eigenvalue weighted by Crippen LogP contribution is -2.31. The first-order valence-electron chi connectivity index (χ1n) is 7.38. The van der Waals surface area contributed by atoms with Gasteiger partial charge in [-0.1, -0.05) is 23.8 Å². The Morgan fingerprint density at radius 2 is 1.64 bits per heavy atom. The van der Waals surface area contributed by atoms with Crippen molar-refractivity contribution >= 4 is 11.8 Å². The molecule has 2 aromatic carbocycles. The molecular formula is C18H18N2O2. The van der Waals surface area contributed by atoms with Gasteiger partial charge in [-0.3, -0.25) is 14.9 Å². The first-order valence-corrected chi connectivity index (χ1v) is 7.38. The van der Waals surface area contributed by atoms with Gasteiger partial charge in [-0.15, -0.1) is 0 Å². The molecule has 2 N–H and O–H groups in total. The molecule has 1 heterocycles. The van der Waals surface area contributed by atoms with Crippen LogP contribution in [0, 0.1) is 6.92 Å². The zero-order valence-electron chi connectivity index (χ0n) is 12.5. The second kappa shape index (κ2) is 6.12. The van der Waals surface area contributed by atoms with Crippen molar-refractivity contribution in [1.82, 2.24) is 10.6 Å². The van der Waals surface area contributed by atoms with Gasteiger partial charge >= 0.3 is 0 Å². The molecule has 2 amide bonds. The highest BCUT2D eigenvalue weighted by atomic mass is 16.2. The Hall–Kier alpha value is -2.46. The minimum Gasteiger partial charge on any atom is -0.312 e. The fourth-order valence-corrected chi connectivity index (χ4v) is 2.57. The second-order valence-corrected chi connectivity index (χ2v) is 5.56. The van der Waals surface area contributed by atoms with Crippen molar-refractivity contribution in [3.8, 4) is 0 Å². The number of carbonyl (C=O) groups is 2. The summed E-state index contributed by atoms with van der Waals surface area (Å²) in [6, 6.07) is 12.7. The average molecular weight is 294 g/mol. The van der Waals surface area contributed by atoms with Crippen molar-refractivity contribution in [3.05, 3.63) is 70.3 Å². The van der Waals surface area contributed by atoms with Gasteiger partial charge in [0.2, 0.25) is 0 Å². The highest BCUT2D eigenvalue weighted by Gasteiger charge is 2.15. The van der Waals surface area contributed by atoms with Crippen LogP contribution in [-0.4, -0.2) is 18.4 Å². The predicted octanol–water partition coefficient (Wildman–Crippen LogP) is 2.21. The summed E-state index contributed by atoms with van der Waals surface area (Å²) in [6.45, 7) is 3.68. The van der Waals surface area contributed by atoms with Crippen molar-refractivity contribution in [2.75, 3.05) is 6.54 Å². The molecule has 0 bridgehead atoms. The van der Waals surface area contributed by atoms with Crippen molar-refractivity contribution in [3.63, 3.8) is 0 Å². The van der Waals surface area contributed by atoms with E-state index in [-0.39, 0.29) is 11.8 Å². The Morgan fingerprint density at radius 1 is 0.955 bits per heavy atom. The number of hydrogen-bond donors (Lipinski definition) is 2. The lowest BCUT2D eigenvalue weighted by molar-refractivity contribution is 0.0849. The topological polar surface area (TPSA) is 58.2 Å². The van der Waals surface area contributed by atoms with E-state index in [1.54, 1.807) is 18.2 Å². The van der Waals surface area contributed by atoms with Crippen molar-refractivity contribution in [2.24, 2.45) is 0 Å². The Bertz CT molecular complexity index is 720. The Kier molecular flexibility index (Phi) is 4.02. The van der Waals surface area contributed by atoms with Gasteiger partial charge in [0.25, 0.3) is 11.8 Å². The first kappa shape index (κ1) is 14.5. The Labute approximate surface area is 129 Å². The third-order valence-corrected chi connectivity index (χ3v) is 3.90. The smallest absolute Gasteiger partial charge is 0.258 e. The zero-order valence-corrected chi connectivity index (χ0v) is 12.5. The number of carbonyl (C=O) groups excluding carboxylic acids is 2. The molecule has 4 heteroatoms. The highest BCUT2D eigenvalue weighted by molar-refractivity contribution is 6.10. The molecule has 0 atom stereocenters. The van der Waals surface area contributed by atoms with E-state index < -0.39 is 0 Å². The Balaban J connectivity index is 1.74. The molecule has 2 aromatic rings. The predicted molar refractivity (Wildman–Crippen MR) is 84.8 cm³/mol. The molecule has 112 valence electrons. The summed E-state index contributed by atoms with van der Waals surface area (Å²) in [4.78, 5) is 24.3. The van der Waals surface area contributed by atoms with Gasteiger partial charge in [0.05, 0.1) is 0 Å². The molecule has 0 aliphatic carbocycles. The monoisotopic (exact) mass is 294 g/mol. The van der Waals surface area contributed by atoms with Crippen molar-refractivity contribution < 1.29 is 9.59 Å².